The van der Waals surface area contributed by atoms with Crippen LogP contribution in [0.25, 0.3) is 0 Å². The van der Waals surface area contributed by atoms with E-state index in [1.807, 2.05) is 30.3 Å². The number of fused-ring (bicyclic) bond motifs is 1. The number of benzene rings is 1. The number of nitrogens with one attached hydrogen (secondary N) is 1. The molecule has 0 spiro atoms. The smallest absolute Gasteiger partial charge is 0.395 e. The fraction of sp³-hybridized carbons (Fsp3) is 0.478. The molecule has 202 valence electrons. The molecular weight excluding hydrogens is 521 g/mol. The van der Waals surface area contributed by atoms with E-state index in [4.69, 9.17) is 19.5 Å². The van der Waals surface area contributed by atoms with Crippen LogP contribution < -0.4 is 10.8 Å². The van der Waals surface area contributed by atoms with Crippen LogP contribution in [0.2, 0.25) is 0 Å². The molecule has 3 rings (SSSR count). The van der Waals surface area contributed by atoms with E-state index in [2.05, 4.69) is 15.1 Å². The molecule has 2 aromatic rings. The lowest BCUT2D eigenvalue weighted by Crippen LogP contribution is -2.26. The van der Waals surface area contributed by atoms with Crippen molar-refractivity contribution in [1.29, 1.82) is 0 Å². The van der Waals surface area contributed by atoms with Crippen molar-refractivity contribution in [2.45, 2.75) is 33.5 Å². The molecule has 1 unspecified atom stereocenters. The molecule has 4 N–H and O–H groups in total. The highest BCUT2D eigenvalue weighted by Gasteiger charge is 2.28. The molecule has 1 aliphatic rings. The van der Waals surface area contributed by atoms with Gasteiger partial charge in [-0.25, -0.2) is 19.6 Å². The highest BCUT2D eigenvalue weighted by atomic mass is 32.2. The molecule has 1 aromatic carbocycles. The molecule has 0 bridgehead atoms. The van der Waals surface area contributed by atoms with Crippen molar-refractivity contribution >= 4 is 42.1 Å². The van der Waals surface area contributed by atoms with Crippen LogP contribution in [-0.4, -0.2) is 63.6 Å². The number of carbonyl (C=O) groups excluding carboxylic acids is 2. The summed E-state index contributed by atoms with van der Waals surface area (Å²) in [5.74, 6) is 0.592. The van der Waals surface area contributed by atoms with Crippen molar-refractivity contribution in [3.8, 4) is 0 Å². The SMILES string of the molecule is CC(C)(CO)C(=O)SCCOP(=O)(NCc1ccccc1)OCCOCn1cnc2c1N=C(N)CC2=O. The lowest BCUT2D eigenvalue weighted by molar-refractivity contribution is -0.119. The molecule has 0 saturated heterocycles. The maximum Gasteiger partial charge on any atom is 0.405 e. The monoisotopic (exact) mass is 553 g/mol. The number of aliphatic hydroxyl groups excluding tert-OH is 1. The number of rotatable bonds is 15. The predicted molar refractivity (Wildman–Crippen MR) is 140 cm³/mol. The van der Waals surface area contributed by atoms with Crippen molar-refractivity contribution in [3.63, 3.8) is 0 Å². The van der Waals surface area contributed by atoms with Gasteiger partial charge >= 0.3 is 7.75 Å². The zero-order chi connectivity index (χ0) is 26.9. The Morgan fingerprint density at radius 1 is 1.24 bits per heavy atom. The van der Waals surface area contributed by atoms with Crippen LogP contribution >= 0.6 is 19.5 Å². The summed E-state index contributed by atoms with van der Waals surface area (Å²) in [5, 5.41) is 12.0. The summed E-state index contributed by atoms with van der Waals surface area (Å²) in [7, 11) is -3.73. The average Bonchev–Trinajstić information content (AvgIpc) is 3.28. The second-order valence-corrected chi connectivity index (χ2v) is 11.7. The maximum absolute atomic E-state index is 13.3. The summed E-state index contributed by atoms with van der Waals surface area (Å²) in [5.41, 5.74) is 5.97. The Morgan fingerprint density at radius 2 is 1.97 bits per heavy atom. The van der Waals surface area contributed by atoms with Crippen LogP contribution in [-0.2, 0) is 36.4 Å². The van der Waals surface area contributed by atoms with E-state index in [1.165, 1.54) is 6.33 Å². The summed E-state index contributed by atoms with van der Waals surface area (Å²) in [4.78, 5) is 32.4. The first-order valence-electron chi connectivity index (χ1n) is 11.6. The summed E-state index contributed by atoms with van der Waals surface area (Å²) in [6.07, 6.45) is 1.48. The van der Waals surface area contributed by atoms with Gasteiger partial charge in [-0.2, -0.15) is 0 Å². The van der Waals surface area contributed by atoms with Gasteiger partial charge in [-0.3, -0.25) is 23.2 Å². The number of nitrogens with zero attached hydrogens (tertiary/aromatic N) is 3. The minimum Gasteiger partial charge on any atom is -0.395 e. The number of thioether (sulfide) groups is 1. The molecule has 0 saturated carbocycles. The number of ketones is 1. The normalized spacial score (nSPS) is 15.2. The van der Waals surface area contributed by atoms with Crippen LogP contribution in [0.15, 0.2) is 41.7 Å². The number of Topliss-reactive ketones (excluding diaryl/α,β-unsaturated/α-hetero) is 1. The van der Waals surface area contributed by atoms with E-state index in [0.717, 1.165) is 17.3 Å². The third-order valence-corrected chi connectivity index (χ3v) is 8.01. The predicted octanol–water partition coefficient (Wildman–Crippen LogP) is 2.64. The minimum atomic E-state index is -3.73. The number of aliphatic hydroxyl groups is 1. The van der Waals surface area contributed by atoms with E-state index in [1.54, 1.807) is 18.4 Å². The van der Waals surface area contributed by atoms with Crippen molar-refractivity contribution in [3.05, 3.63) is 47.9 Å². The van der Waals surface area contributed by atoms with E-state index >= 15 is 0 Å². The van der Waals surface area contributed by atoms with E-state index in [-0.39, 0.29) is 74.3 Å². The number of hydrogen-bond donors (Lipinski definition) is 3. The number of ether oxygens (including phenoxy) is 1. The molecule has 12 nitrogen and oxygen atoms in total. The molecule has 0 amide bonds. The van der Waals surface area contributed by atoms with Crippen LogP contribution in [0.3, 0.4) is 0 Å². The van der Waals surface area contributed by atoms with Gasteiger partial charge < -0.3 is 15.6 Å². The summed E-state index contributed by atoms with van der Waals surface area (Å²) in [6, 6.07) is 9.35. The average molecular weight is 554 g/mol. The molecule has 0 radical (unpaired) electrons. The molecule has 0 fully saturated rings. The van der Waals surface area contributed by atoms with Gasteiger partial charge in [0, 0.05) is 12.3 Å². The van der Waals surface area contributed by atoms with Crippen LogP contribution in [0.1, 0.15) is 36.3 Å². The number of hydrogen-bond acceptors (Lipinski definition) is 11. The number of amidine groups is 1. The van der Waals surface area contributed by atoms with Gasteiger partial charge in [-0.05, 0) is 19.4 Å². The van der Waals surface area contributed by atoms with Crippen molar-refractivity contribution in [1.82, 2.24) is 14.6 Å². The highest BCUT2D eigenvalue weighted by molar-refractivity contribution is 8.13. The molecular formula is C23H32N5O7PS. The van der Waals surface area contributed by atoms with E-state index in [9.17, 15) is 19.3 Å². The molecule has 1 atom stereocenters. The lowest BCUT2D eigenvalue weighted by Gasteiger charge is -2.21. The number of imidazole rings is 1. The third-order valence-electron chi connectivity index (χ3n) is 5.23. The highest BCUT2D eigenvalue weighted by Crippen LogP contribution is 2.44. The topological polar surface area (TPSA) is 167 Å². The Hall–Kier alpha value is -2.38. The van der Waals surface area contributed by atoms with Crippen LogP contribution in [0.5, 0.6) is 0 Å². The number of aliphatic imine (C=N–C) groups is 1. The van der Waals surface area contributed by atoms with Crippen LogP contribution in [0, 0.1) is 5.41 Å². The van der Waals surface area contributed by atoms with Gasteiger partial charge in [0.15, 0.2) is 22.4 Å². The van der Waals surface area contributed by atoms with Crippen molar-refractivity contribution in [2.75, 3.05) is 32.2 Å². The fourth-order valence-corrected chi connectivity index (χ4v) is 5.26. The number of carbonyl (C=O) groups is 2. The van der Waals surface area contributed by atoms with Gasteiger partial charge in [0.25, 0.3) is 0 Å². The van der Waals surface area contributed by atoms with Gasteiger partial charge in [0.1, 0.15) is 12.6 Å². The lowest BCUT2D eigenvalue weighted by atomic mass is 9.97. The molecule has 1 aliphatic heterocycles. The van der Waals surface area contributed by atoms with Crippen LogP contribution in [0.4, 0.5) is 5.82 Å². The molecule has 0 aliphatic carbocycles. The first-order chi connectivity index (χ1) is 17.6. The quantitative estimate of drug-likeness (QED) is 0.219. The first kappa shape index (κ1) is 29.2. The van der Waals surface area contributed by atoms with E-state index in [0.29, 0.717) is 5.82 Å². The Balaban J connectivity index is 1.50. The van der Waals surface area contributed by atoms with Gasteiger partial charge in [-0.1, -0.05) is 42.1 Å². The molecule has 2 heterocycles. The minimum absolute atomic E-state index is 0.00747. The standard InChI is InChI=1S/C23H32N5O7PS/c1-23(2,14-29)22(31)37-11-10-35-36(32,26-13-17-6-4-3-5-7-17)34-9-8-33-16-28-15-25-20-18(30)12-19(24)27-21(20)28/h3-7,15,29H,8-14,16H2,1-2H3,(H2,24,27)(H,26,32). The summed E-state index contributed by atoms with van der Waals surface area (Å²) < 4.78 is 31.5. The number of nitrogens with two attached hydrogens (primary N) is 1. The van der Waals surface area contributed by atoms with Gasteiger partial charge in [0.05, 0.1) is 44.6 Å². The van der Waals surface area contributed by atoms with Gasteiger partial charge in [0.2, 0.25) is 0 Å². The molecule has 37 heavy (non-hydrogen) atoms. The Kier molecular flexibility index (Phi) is 10.6. The zero-order valence-corrected chi connectivity index (χ0v) is 22.5. The summed E-state index contributed by atoms with van der Waals surface area (Å²) in [6.45, 7) is 3.33. The zero-order valence-electron chi connectivity index (χ0n) is 20.8. The second kappa shape index (κ2) is 13.4. The number of aromatic nitrogens is 2. The third kappa shape index (κ3) is 8.57. The maximum atomic E-state index is 13.3. The van der Waals surface area contributed by atoms with Crippen molar-refractivity contribution in [2.24, 2.45) is 16.1 Å². The Morgan fingerprint density at radius 3 is 2.70 bits per heavy atom. The fourth-order valence-electron chi connectivity index (χ4n) is 3.05. The largest absolute Gasteiger partial charge is 0.405 e. The summed E-state index contributed by atoms with van der Waals surface area (Å²) >= 11 is 1.000. The van der Waals surface area contributed by atoms with E-state index < -0.39 is 13.2 Å². The first-order valence-corrected chi connectivity index (χ1v) is 14.1. The van der Waals surface area contributed by atoms with Gasteiger partial charge in [-0.15, -0.1) is 0 Å². The molecule has 1 aromatic heterocycles. The Labute approximate surface area is 219 Å². The van der Waals surface area contributed by atoms with Crippen molar-refractivity contribution < 1.29 is 33.0 Å². The second-order valence-electron chi connectivity index (χ2n) is 8.79. The molecule has 14 heteroatoms. The Bertz CT molecular complexity index is 1160.